The summed E-state index contributed by atoms with van der Waals surface area (Å²) in [6, 6.07) is 13.7. The zero-order chi connectivity index (χ0) is 12.3. The minimum absolute atomic E-state index is 0.278. The first kappa shape index (κ1) is 11.2. The molecule has 2 nitrogen and oxygen atoms in total. The van der Waals surface area contributed by atoms with Crippen LogP contribution in [0.3, 0.4) is 0 Å². The number of benzene rings is 2. The number of rotatable bonds is 2. The lowest BCUT2D eigenvalue weighted by atomic mass is 10.1. The first-order chi connectivity index (χ1) is 8.19. The van der Waals surface area contributed by atoms with E-state index >= 15 is 0 Å². The fourth-order valence-corrected chi connectivity index (χ4v) is 1.55. The molecule has 0 unspecified atom stereocenters. The quantitative estimate of drug-likeness (QED) is 0.846. The molecule has 1 N–H and O–H groups in total. The third-order valence-electron chi connectivity index (χ3n) is 2.42. The summed E-state index contributed by atoms with van der Waals surface area (Å²) < 4.78 is 12.7. The monoisotopic (exact) mass is 226 g/mol. The van der Waals surface area contributed by atoms with Gasteiger partial charge in [-0.15, -0.1) is 0 Å². The molecule has 3 heteroatoms. The SMILES string of the molecule is Cc1ccc(Nc2ccc(F)cc2)c(C#N)c1. The first-order valence-electron chi connectivity index (χ1n) is 5.22. The second-order valence-corrected chi connectivity index (χ2v) is 3.79. The Balaban J connectivity index is 2.30. The van der Waals surface area contributed by atoms with E-state index < -0.39 is 0 Å². The highest BCUT2D eigenvalue weighted by atomic mass is 19.1. The molecule has 0 saturated heterocycles. The smallest absolute Gasteiger partial charge is 0.123 e. The third-order valence-corrected chi connectivity index (χ3v) is 2.42. The number of aryl methyl sites for hydroxylation is 1. The van der Waals surface area contributed by atoms with Crippen LogP contribution in [-0.4, -0.2) is 0 Å². The van der Waals surface area contributed by atoms with E-state index in [4.69, 9.17) is 5.26 Å². The highest BCUT2D eigenvalue weighted by Crippen LogP contribution is 2.21. The molecule has 0 aliphatic rings. The van der Waals surface area contributed by atoms with E-state index in [0.717, 1.165) is 16.9 Å². The predicted octanol–water partition coefficient (Wildman–Crippen LogP) is 3.75. The molecule has 0 aliphatic carbocycles. The van der Waals surface area contributed by atoms with Crippen LogP contribution in [0.25, 0.3) is 0 Å². The molecule has 0 saturated carbocycles. The van der Waals surface area contributed by atoms with Gasteiger partial charge in [0.1, 0.15) is 11.9 Å². The highest BCUT2D eigenvalue weighted by molar-refractivity contribution is 5.66. The lowest BCUT2D eigenvalue weighted by molar-refractivity contribution is 0.628. The minimum Gasteiger partial charge on any atom is -0.354 e. The molecular weight excluding hydrogens is 215 g/mol. The van der Waals surface area contributed by atoms with Crippen molar-refractivity contribution < 1.29 is 4.39 Å². The Morgan fingerprint density at radius 2 is 1.82 bits per heavy atom. The van der Waals surface area contributed by atoms with Gasteiger partial charge < -0.3 is 5.32 Å². The average Bonchev–Trinajstić information content (AvgIpc) is 2.34. The fraction of sp³-hybridized carbons (Fsp3) is 0.0714. The van der Waals surface area contributed by atoms with Crippen LogP contribution in [0, 0.1) is 24.1 Å². The van der Waals surface area contributed by atoms with Crippen molar-refractivity contribution in [1.29, 1.82) is 5.26 Å². The van der Waals surface area contributed by atoms with Gasteiger partial charge in [-0.1, -0.05) is 6.07 Å². The van der Waals surface area contributed by atoms with E-state index in [-0.39, 0.29) is 5.82 Å². The van der Waals surface area contributed by atoms with Crippen molar-refractivity contribution in [3.05, 3.63) is 59.4 Å². The second kappa shape index (κ2) is 4.67. The van der Waals surface area contributed by atoms with Crippen LogP contribution < -0.4 is 5.32 Å². The fourth-order valence-electron chi connectivity index (χ4n) is 1.55. The Kier molecular flexibility index (Phi) is 3.06. The zero-order valence-corrected chi connectivity index (χ0v) is 9.37. The van der Waals surface area contributed by atoms with Crippen LogP contribution in [0.2, 0.25) is 0 Å². The molecule has 17 heavy (non-hydrogen) atoms. The average molecular weight is 226 g/mol. The summed E-state index contributed by atoms with van der Waals surface area (Å²) in [6.45, 7) is 1.93. The Bertz CT molecular complexity index is 568. The number of hydrogen-bond acceptors (Lipinski definition) is 2. The van der Waals surface area contributed by atoms with Crippen LogP contribution in [0.4, 0.5) is 15.8 Å². The predicted molar refractivity (Wildman–Crippen MR) is 65.6 cm³/mol. The lowest BCUT2D eigenvalue weighted by Crippen LogP contribution is -1.94. The van der Waals surface area contributed by atoms with Gasteiger partial charge in [0.25, 0.3) is 0 Å². The number of nitrogens with zero attached hydrogens (tertiary/aromatic N) is 1. The summed E-state index contributed by atoms with van der Waals surface area (Å²) in [6.07, 6.45) is 0. The molecule has 0 bridgehead atoms. The summed E-state index contributed by atoms with van der Waals surface area (Å²) in [5.41, 5.74) is 3.09. The molecule has 0 aliphatic heterocycles. The van der Waals surface area contributed by atoms with Crippen molar-refractivity contribution in [2.45, 2.75) is 6.92 Å². The largest absolute Gasteiger partial charge is 0.354 e. The summed E-state index contributed by atoms with van der Waals surface area (Å²) in [7, 11) is 0. The van der Waals surface area contributed by atoms with Gasteiger partial charge in [0, 0.05) is 5.69 Å². The number of halogens is 1. The maximum absolute atomic E-state index is 12.7. The lowest BCUT2D eigenvalue weighted by Gasteiger charge is -2.08. The maximum Gasteiger partial charge on any atom is 0.123 e. The molecule has 0 radical (unpaired) electrons. The number of nitrogens with one attached hydrogen (secondary N) is 1. The van der Waals surface area contributed by atoms with Crippen LogP contribution in [0.15, 0.2) is 42.5 Å². The van der Waals surface area contributed by atoms with Crippen molar-refractivity contribution in [2.75, 3.05) is 5.32 Å². The Morgan fingerprint density at radius 3 is 2.47 bits per heavy atom. The van der Waals surface area contributed by atoms with Crippen LogP contribution in [-0.2, 0) is 0 Å². The minimum atomic E-state index is -0.278. The molecule has 84 valence electrons. The molecule has 0 aromatic heterocycles. The van der Waals surface area contributed by atoms with E-state index in [1.165, 1.54) is 12.1 Å². The molecular formula is C14H11FN2. The second-order valence-electron chi connectivity index (χ2n) is 3.79. The standard InChI is InChI=1S/C14H11FN2/c1-10-2-7-14(11(8-10)9-16)17-13-5-3-12(15)4-6-13/h2-8,17H,1H3. The van der Waals surface area contributed by atoms with E-state index in [1.807, 2.05) is 25.1 Å². The molecule has 0 amide bonds. The van der Waals surface area contributed by atoms with Gasteiger partial charge in [-0.3, -0.25) is 0 Å². The molecule has 0 fully saturated rings. The van der Waals surface area contributed by atoms with Crippen LogP contribution in [0.1, 0.15) is 11.1 Å². The van der Waals surface area contributed by atoms with Gasteiger partial charge in [-0.05, 0) is 48.9 Å². The summed E-state index contributed by atoms with van der Waals surface area (Å²) in [5.74, 6) is -0.278. The zero-order valence-electron chi connectivity index (χ0n) is 9.37. The van der Waals surface area contributed by atoms with Gasteiger partial charge >= 0.3 is 0 Å². The highest BCUT2D eigenvalue weighted by Gasteiger charge is 2.02. The van der Waals surface area contributed by atoms with Gasteiger partial charge in [-0.25, -0.2) is 4.39 Å². The normalized spacial score (nSPS) is 9.71. The Labute approximate surface area is 99.3 Å². The number of nitriles is 1. The maximum atomic E-state index is 12.7. The van der Waals surface area contributed by atoms with Gasteiger partial charge in [0.05, 0.1) is 11.3 Å². The molecule has 2 aromatic carbocycles. The van der Waals surface area contributed by atoms with Gasteiger partial charge in [0.15, 0.2) is 0 Å². The van der Waals surface area contributed by atoms with Gasteiger partial charge in [-0.2, -0.15) is 5.26 Å². The van der Waals surface area contributed by atoms with E-state index in [1.54, 1.807) is 12.1 Å². The van der Waals surface area contributed by atoms with E-state index in [0.29, 0.717) is 5.56 Å². The summed E-state index contributed by atoms with van der Waals surface area (Å²) >= 11 is 0. The van der Waals surface area contributed by atoms with Crippen molar-refractivity contribution >= 4 is 11.4 Å². The van der Waals surface area contributed by atoms with Crippen molar-refractivity contribution in [1.82, 2.24) is 0 Å². The Morgan fingerprint density at radius 1 is 1.12 bits per heavy atom. The van der Waals surface area contributed by atoms with Crippen molar-refractivity contribution in [3.63, 3.8) is 0 Å². The molecule has 0 spiro atoms. The third kappa shape index (κ3) is 2.61. The van der Waals surface area contributed by atoms with Gasteiger partial charge in [0.2, 0.25) is 0 Å². The number of hydrogen-bond donors (Lipinski definition) is 1. The summed E-state index contributed by atoms with van der Waals surface area (Å²) in [4.78, 5) is 0. The first-order valence-corrected chi connectivity index (χ1v) is 5.22. The van der Waals surface area contributed by atoms with Crippen LogP contribution >= 0.6 is 0 Å². The van der Waals surface area contributed by atoms with E-state index in [9.17, 15) is 4.39 Å². The molecule has 2 rings (SSSR count). The molecule has 0 atom stereocenters. The topological polar surface area (TPSA) is 35.8 Å². The van der Waals surface area contributed by atoms with Crippen molar-refractivity contribution in [2.24, 2.45) is 0 Å². The van der Waals surface area contributed by atoms with Crippen molar-refractivity contribution in [3.8, 4) is 6.07 Å². The van der Waals surface area contributed by atoms with E-state index in [2.05, 4.69) is 11.4 Å². The van der Waals surface area contributed by atoms with Crippen LogP contribution in [0.5, 0.6) is 0 Å². The summed E-state index contributed by atoms with van der Waals surface area (Å²) in [5, 5.41) is 12.1. The Hall–Kier alpha value is -2.34. The molecule has 0 heterocycles. The number of anilines is 2. The molecule has 2 aromatic rings.